The molecule has 0 heterocycles. The summed E-state index contributed by atoms with van der Waals surface area (Å²) in [6, 6.07) is 37.1. The average molecular weight is 484 g/mol. The molecule has 0 unspecified atom stereocenters. The van der Waals surface area contributed by atoms with E-state index in [1.807, 2.05) is 13.8 Å². The predicted octanol–water partition coefficient (Wildman–Crippen LogP) is 5.74. The van der Waals surface area contributed by atoms with Crippen LogP contribution >= 0.6 is 7.26 Å². The molecule has 35 heavy (non-hydrogen) atoms. The second-order valence-corrected chi connectivity index (χ2v) is 12.1. The first kappa shape index (κ1) is 24.7. The van der Waals surface area contributed by atoms with Crippen LogP contribution in [-0.2, 0) is 15.7 Å². The molecule has 178 valence electrons. The van der Waals surface area contributed by atoms with E-state index < -0.39 is 7.26 Å². The van der Waals surface area contributed by atoms with Crippen molar-refractivity contribution >= 4 is 29.1 Å². The summed E-state index contributed by atoms with van der Waals surface area (Å²) in [6.07, 6.45) is 0.894. The molecule has 0 bridgehead atoms. The molecule has 0 fully saturated rings. The number of esters is 1. The van der Waals surface area contributed by atoms with Crippen LogP contribution in [0, 0.1) is 13.8 Å². The normalized spacial score (nSPS) is 11.2. The molecule has 0 N–H and O–H groups in total. The van der Waals surface area contributed by atoms with Gasteiger partial charge in [-0.2, -0.15) is 0 Å². The number of hydrogen-bond donors (Lipinski definition) is 0. The topological polar surface area (TPSA) is 35.5 Å². The largest absolute Gasteiger partial charge is 0.481 e. The Labute approximate surface area is 209 Å². The highest BCUT2D eigenvalue weighted by Gasteiger charge is 2.45. The van der Waals surface area contributed by atoms with E-state index in [0.29, 0.717) is 6.61 Å². The van der Waals surface area contributed by atoms with Crippen LogP contribution in [0.15, 0.2) is 103 Å². The van der Waals surface area contributed by atoms with Crippen molar-refractivity contribution in [3.05, 3.63) is 120 Å². The third-order valence-electron chi connectivity index (χ3n) is 6.17. The van der Waals surface area contributed by atoms with Gasteiger partial charge in [-0.3, -0.25) is 0 Å². The van der Waals surface area contributed by atoms with Crippen molar-refractivity contribution in [2.45, 2.75) is 26.9 Å². The van der Waals surface area contributed by atoms with E-state index in [1.54, 1.807) is 6.92 Å². The van der Waals surface area contributed by atoms with Crippen LogP contribution in [0.3, 0.4) is 0 Å². The van der Waals surface area contributed by atoms with Gasteiger partial charge in [0.05, 0.1) is 12.8 Å². The summed E-state index contributed by atoms with van der Waals surface area (Å²) in [6.45, 7) is 6.16. The second kappa shape index (κ2) is 11.3. The fourth-order valence-corrected chi connectivity index (χ4v) is 8.95. The summed E-state index contributed by atoms with van der Waals surface area (Å²) in [7, 11) is -1.98. The highest BCUT2D eigenvalue weighted by molar-refractivity contribution is 7.95. The van der Waals surface area contributed by atoms with Gasteiger partial charge in [-0.05, 0) is 86.0 Å². The zero-order valence-corrected chi connectivity index (χ0v) is 21.5. The number of carbonyl (C=O) groups is 1. The van der Waals surface area contributed by atoms with Crippen LogP contribution < -0.4 is 20.7 Å². The summed E-state index contributed by atoms with van der Waals surface area (Å²) >= 11 is 0. The number of rotatable bonds is 9. The lowest BCUT2D eigenvalue weighted by molar-refractivity contribution is -0.145. The minimum absolute atomic E-state index is 0.0795. The van der Waals surface area contributed by atoms with E-state index in [0.717, 1.165) is 23.0 Å². The van der Waals surface area contributed by atoms with Gasteiger partial charge in [0.15, 0.2) is 6.61 Å². The minimum atomic E-state index is -1.98. The first-order valence-electron chi connectivity index (χ1n) is 12.0. The summed E-state index contributed by atoms with van der Waals surface area (Å²) < 4.78 is 10.9. The third-order valence-corrected chi connectivity index (χ3v) is 10.5. The van der Waals surface area contributed by atoms with Crippen molar-refractivity contribution in [3.63, 3.8) is 0 Å². The number of hydrogen-bond acceptors (Lipinski definition) is 3. The maximum Gasteiger partial charge on any atom is 0.344 e. The summed E-state index contributed by atoms with van der Waals surface area (Å²) in [4.78, 5) is 11.8. The van der Waals surface area contributed by atoms with E-state index in [-0.39, 0.29) is 12.6 Å². The molecule has 0 atom stereocenters. The number of aryl methyl sites for hydroxylation is 2. The van der Waals surface area contributed by atoms with Crippen LogP contribution in [0.25, 0.3) is 0 Å². The smallest absolute Gasteiger partial charge is 0.344 e. The average Bonchev–Trinajstić information content (AvgIpc) is 2.88. The Kier molecular flexibility index (Phi) is 8.00. The van der Waals surface area contributed by atoms with Gasteiger partial charge in [0.25, 0.3) is 0 Å². The van der Waals surface area contributed by atoms with Gasteiger partial charge in [0.2, 0.25) is 0 Å². The fourth-order valence-electron chi connectivity index (χ4n) is 4.74. The number of ether oxygens (including phenoxy) is 2. The van der Waals surface area contributed by atoms with Gasteiger partial charge in [0.1, 0.15) is 28.9 Å². The Morgan fingerprint density at radius 3 is 1.54 bits per heavy atom. The molecule has 0 aliphatic rings. The van der Waals surface area contributed by atoms with Crippen LogP contribution in [-0.4, -0.2) is 19.2 Å². The molecule has 0 aromatic heterocycles. The molecule has 4 aromatic carbocycles. The number of carbonyl (C=O) groups excluding carboxylic acids is 1. The van der Waals surface area contributed by atoms with E-state index in [9.17, 15) is 4.79 Å². The molecular weight excluding hydrogens is 451 g/mol. The van der Waals surface area contributed by atoms with E-state index in [2.05, 4.69) is 103 Å². The summed E-state index contributed by atoms with van der Waals surface area (Å²) in [5.41, 5.74) is 3.31. The second-order valence-electron chi connectivity index (χ2n) is 8.63. The zero-order valence-electron chi connectivity index (χ0n) is 20.6. The van der Waals surface area contributed by atoms with Crippen molar-refractivity contribution in [3.8, 4) is 5.75 Å². The lowest BCUT2D eigenvalue weighted by Gasteiger charge is -2.28. The molecule has 0 saturated carbocycles. The van der Waals surface area contributed by atoms with Crippen molar-refractivity contribution in [1.82, 2.24) is 0 Å². The molecule has 0 amide bonds. The molecular formula is C31H32O3P+. The van der Waals surface area contributed by atoms with Crippen LogP contribution in [0.1, 0.15) is 23.6 Å². The predicted molar refractivity (Wildman–Crippen MR) is 147 cm³/mol. The van der Waals surface area contributed by atoms with Gasteiger partial charge in [-0.15, -0.1) is 0 Å². The summed E-state index contributed by atoms with van der Waals surface area (Å²) in [5.74, 6) is 0.405. The van der Waals surface area contributed by atoms with Crippen molar-refractivity contribution < 1.29 is 14.3 Å². The van der Waals surface area contributed by atoms with Crippen LogP contribution in [0.2, 0.25) is 0 Å². The van der Waals surface area contributed by atoms with E-state index in [1.165, 1.54) is 21.5 Å². The molecule has 3 nitrogen and oxygen atoms in total. The third kappa shape index (κ3) is 5.47. The molecule has 0 spiro atoms. The van der Waals surface area contributed by atoms with Crippen molar-refractivity contribution in [2.24, 2.45) is 0 Å². The Balaban J connectivity index is 1.81. The quantitative estimate of drug-likeness (QED) is 0.225. The highest BCUT2D eigenvalue weighted by Crippen LogP contribution is 2.58. The Bertz CT molecular complexity index is 1130. The fraction of sp³-hybridized carbons (Fsp3) is 0.194. The molecule has 0 aliphatic heterocycles. The SMILES string of the molecule is CCOC(=O)COc1c(C)cc(C[P+](c2ccccc2)(c2ccccc2)c2ccccc2)cc1C. The number of benzene rings is 4. The van der Waals surface area contributed by atoms with Gasteiger partial charge in [-0.1, -0.05) is 54.6 Å². The zero-order chi connectivity index (χ0) is 24.7. The maximum atomic E-state index is 11.8. The molecule has 0 radical (unpaired) electrons. The van der Waals surface area contributed by atoms with Gasteiger partial charge >= 0.3 is 5.97 Å². The van der Waals surface area contributed by atoms with Gasteiger partial charge in [0, 0.05) is 0 Å². The molecule has 4 aromatic rings. The lowest BCUT2D eigenvalue weighted by atomic mass is 10.1. The van der Waals surface area contributed by atoms with Gasteiger partial charge in [-0.25, -0.2) is 4.79 Å². The molecule has 4 rings (SSSR count). The van der Waals surface area contributed by atoms with E-state index >= 15 is 0 Å². The van der Waals surface area contributed by atoms with Crippen molar-refractivity contribution in [2.75, 3.05) is 13.2 Å². The highest BCUT2D eigenvalue weighted by atomic mass is 31.2. The maximum absolute atomic E-state index is 11.8. The van der Waals surface area contributed by atoms with Crippen LogP contribution in [0.5, 0.6) is 5.75 Å². The lowest BCUT2D eigenvalue weighted by Crippen LogP contribution is -2.32. The standard InChI is InChI=1S/C31H32O3P/c1-4-33-30(32)22-34-31-24(2)20-26(21-25(31)3)23-35(27-14-8-5-9-15-27,28-16-10-6-11-17-28)29-18-12-7-13-19-29/h5-21H,4,22-23H2,1-3H3/q+1. The van der Waals surface area contributed by atoms with Crippen LogP contribution in [0.4, 0.5) is 0 Å². The monoisotopic (exact) mass is 483 g/mol. The van der Waals surface area contributed by atoms with E-state index in [4.69, 9.17) is 9.47 Å². The Hall–Kier alpha value is -3.42. The first-order chi connectivity index (χ1) is 17.0. The molecule has 4 heteroatoms. The Morgan fingerprint density at radius 1 is 0.714 bits per heavy atom. The minimum Gasteiger partial charge on any atom is -0.481 e. The van der Waals surface area contributed by atoms with Gasteiger partial charge < -0.3 is 9.47 Å². The summed E-state index contributed by atoms with van der Waals surface area (Å²) in [5, 5.41) is 4.07. The molecule has 0 aliphatic carbocycles. The Morgan fingerprint density at radius 2 is 1.14 bits per heavy atom. The first-order valence-corrected chi connectivity index (χ1v) is 14.0. The van der Waals surface area contributed by atoms with Crippen molar-refractivity contribution in [1.29, 1.82) is 0 Å². The molecule has 0 saturated heterocycles.